The first kappa shape index (κ1) is 21.8. The molecule has 0 fully saturated rings. The number of benzene rings is 3. The second-order valence-corrected chi connectivity index (χ2v) is 7.94. The van der Waals surface area contributed by atoms with Gasteiger partial charge in [0.25, 0.3) is 0 Å². The summed E-state index contributed by atoms with van der Waals surface area (Å²) in [7, 11) is 0. The van der Waals surface area contributed by atoms with E-state index in [1.165, 1.54) is 6.07 Å². The van der Waals surface area contributed by atoms with Crippen molar-refractivity contribution < 1.29 is 13.9 Å². The summed E-state index contributed by atoms with van der Waals surface area (Å²) >= 11 is 15.7. The standard InChI is InChI=1S/C22H19BrCl2FNO2/c1-2-28-21-7-15(12-27-18-9-16(24)8-17(25)10-18)19(23)11-22(21)29-13-14-5-3-4-6-20(14)26/h3-11,27H,2,12-13H2,1H3. The second kappa shape index (κ2) is 10.2. The Morgan fingerprint density at radius 3 is 2.31 bits per heavy atom. The third kappa shape index (κ3) is 6.01. The van der Waals surface area contributed by atoms with E-state index >= 15 is 0 Å². The molecule has 0 aromatic heterocycles. The quantitative estimate of drug-likeness (QED) is 0.349. The van der Waals surface area contributed by atoms with Crippen LogP contribution in [0.1, 0.15) is 18.1 Å². The molecule has 3 nitrogen and oxygen atoms in total. The van der Waals surface area contributed by atoms with Gasteiger partial charge in [-0.05, 0) is 48.9 Å². The van der Waals surface area contributed by atoms with Crippen LogP contribution in [-0.4, -0.2) is 6.61 Å². The zero-order valence-electron chi connectivity index (χ0n) is 15.6. The molecule has 3 rings (SSSR count). The Hall–Kier alpha value is -1.95. The van der Waals surface area contributed by atoms with E-state index in [0.717, 1.165) is 15.7 Å². The molecule has 0 saturated heterocycles. The number of halogens is 4. The van der Waals surface area contributed by atoms with Crippen molar-refractivity contribution >= 4 is 44.8 Å². The first-order chi connectivity index (χ1) is 14.0. The van der Waals surface area contributed by atoms with Gasteiger partial charge in [0.05, 0.1) is 6.61 Å². The molecule has 0 saturated carbocycles. The number of anilines is 1. The highest BCUT2D eigenvalue weighted by Crippen LogP contribution is 2.35. The van der Waals surface area contributed by atoms with Crippen LogP contribution in [-0.2, 0) is 13.2 Å². The van der Waals surface area contributed by atoms with Gasteiger partial charge in [-0.3, -0.25) is 0 Å². The minimum absolute atomic E-state index is 0.109. The van der Waals surface area contributed by atoms with Gasteiger partial charge in [-0.15, -0.1) is 0 Å². The molecule has 0 unspecified atom stereocenters. The highest BCUT2D eigenvalue weighted by atomic mass is 79.9. The lowest BCUT2D eigenvalue weighted by atomic mass is 10.2. The molecule has 0 radical (unpaired) electrons. The summed E-state index contributed by atoms with van der Waals surface area (Å²) in [6.07, 6.45) is 0. The van der Waals surface area contributed by atoms with E-state index in [4.69, 9.17) is 32.7 Å². The predicted octanol–water partition coefficient (Wildman–Crippen LogP) is 7.48. The van der Waals surface area contributed by atoms with Gasteiger partial charge in [0.15, 0.2) is 11.5 Å². The van der Waals surface area contributed by atoms with E-state index < -0.39 is 0 Å². The maximum atomic E-state index is 13.9. The van der Waals surface area contributed by atoms with Crippen molar-refractivity contribution in [2.24, 2.45) is 0 Å². The fourth-order valence-electron chi connectivity index (χ4n) is 2.72. The number of hydrogen-bond donors (Lipinski definition) is 1. The Labute approximate surface area is 187 Å². The SMILES string of the molecule is CCOc1cc(CNc2cc(Cl)cc(Cl)c2)c(Br)cc1OCc1ccccc1F. The van der Waals surface area contributed by atoms with Crippen molar-refractivity contribution in [1.82, 2.24) is 0 Å². The average Bonchev–Trinajstić information content (AvgIpc) is 2.67. The third-order valence-electron chi connectivity index (χ3n) is 4.10. The Kier molecular flexibility index (Phi) is 7.64. The van der Waals surface area contributed by atoms with E-state index in [-0.39, 0.29) is 12.4 Å². The van der Waals surface area contributed by atoms with Gasteiger partial charge < -0.3 is 14.8 Å². The monoisotopic (exact) mass is 497 g/mol. The molecule has 3 aromatic rings. The number of nitrogens with one attached hydrogen (secondary N) is 1. The third-order valence-corrected chi connectivity index (χ3v) is 5.27. The molecule has 7 heteroatoms. The van der Waals surface area contributed by atoms with Gasteiger partial charge >= 0.3 is 0 Å². The molecule has 0 heterocycles. The molecule has 3 aromatic carbocycles. The van der Waals surface area contributed by atoms with E-state index in [9.17, 15) is 4.39 Å². The van der Waals surface area contributed by atoms with Crippen LogP contribution in [0.3, 0.4) is 0 Å². The summed E-state index contributed by atoms with van der Waals surface area (Å²) in [5.74, 6) is 0.829. The van der Waals surface area contributed by atoms with Crippen molar-refractivity contribution in [3.05, 3.63) is 86.1 Å². The van der Waals surface area contributed by atoms with Crippen LogP contribution in [0, 0.1) is 5.82 Å². The molecule has 0 aliphatic carbocycles. The van der Waals surface area contributed by atoms with Gasteiger partial charge in [0.1, 0.15) is 12.4 Å². The van der Waals surface area contributed by atoms with Crippen molar-refractivity contribution in [2.75, 3.05) is 11.9 Å². The van der Waals surface area contributed by atoms with E-state index in [1.807, 2.05) is 19.1 Å². The molecule has 0 aliphatic rings. The minimum Gasteiger partial charge on any atom is -0.490 e. The van der Waals surface area contributed by atoms with Crippen LogP contribution in [0.4, 0.5) is 10.1 Å². The maximum absolute atomic E-state index is 13.9. The Morgan fingerprint density at radius 2 is 1.62 bits per heavy atom. The maximum Gasteiger partial charge on any atom is 0.162 e. The normalized spacial score (nSPS) is 10.7. The second-order valence-electron chi connectivity index (χ2n) is 6.22. The Bertz CT molecular complexity index is 980. The Morgan fingerprint density at radius 1 is 0.931 bits per heavy atom. The lowest BCUT2D eigenvalue weighted by molar-refractivity contribution is 0.265. The highest BCUT2D eigenvalue weighted by molar-refractivity contribution is 9.10. The lowest BCUT2D eigenvalue weighted by Crippen LogP contribution is -2.05. The van der Waals surface area contributed by atoms with Gasteiger partial charge in [0, 0.05) is 32.3 Å². The summed E-state index contributed by atoms with van der Waals surface area (Å²) < 4.78 is 26.3. The molecule has 0 spiro atoms. The molecule has 0 amide bonds. The number of rotatable bonds is 8. The van der Waals surface area contributed by atoms with Gasteiger partial charge in [-0.2, -0.15) is 0 Å². The van der Waals surface area contributed by atoms with Crippen molar-refractivity contribution in [3.63, 3.8) is 0 Å². The van der Waals surface area contributed by atoms with Gasteiger partial charge in [-0.25, -0.2) is 4.39 Å². The zero-order valence-corrected chi connectivity index (χ0v) is 18.7. The summed E-state index contributed by atoms with van der Waals surface area (Å²) in [5.41, 5.74) is 2.25. The van der Waals surface area contributed by atoms with Crippen LogP contribution < -0.4 is 14.8 Å². The predicted molar refractivity (Wildman–Crippen MR) is 120 cm³/mol. The molecular formula is C22H19BrCl2FNO2. The van der Waals surface area contributed by atoms with E-state index in [1.54, 1.807) is 36.4 Å². The van der Waals surface area contributed by atoms with Crippen LogP contribution in [0.2, 0.25) is 10.0 Å². The van der Waals surface area contributed by atoms with E-state index in [2.05, 4.69) is 21.2 Å². The van der Waals surface area contributed by atoms with Gasteiger partial charge in [-0.1, -0.05) is 57.3 Å². The van der Waals surface area contributed by atoms with Crippen molar-refractivity contribution in [2.45, 2.75) is 20.1 Å². The highest BCUT2D eigenvalue weighted by Gasteiger charge is 2.12. The van der Waals surface area contributed by atoms with E-state index in [0.29, 0.717) is 40.3 Å². The topological polar surface area (TPSA) is 30.5 Å². The minimum atomic E-state index is -0.300. The first-order valence-electron chi connectivity index (χ1n) is 8.97. The van der Waals surface area contributed by atoms with Crippen molar-refractivity contribution in [1.29, 1.82) is 0 Å². The molecule has 152 valence electrons. The summed E-state index contributed by atoms with van der Waals surface area (Å²) in [6, 6.07) is 15.5. The summed E-state index contributed by atoms with van der Waals surface area (Å²) in [6.45, 7) is 3.01. The van der Waals surface area contributed by atoms with Gasteiger partial charge in [0.2, 0.25) is 0 Å². The smallest absolute Gasteiger partial charge is 0.162 e. The molecule has 0 atom stereocenters. The van der Waals surface area contributed by atoms with Crippen LogP contribution >= 0.6 is 39.1 Å². The number of hydrogen-bond acceptors (Lipinski definition) is 3. The van der Waals surface area contributed by atoms with Crippen molar-refractivity contribution in [3.8, 4) is 11.5 Å². The lowest BCUT2D eigenvalue weighted by Gasteiger charge is -2.16. The fraction of sp³-hybridized carbons (Fsp3) is 0.182. The fourth-order valence-corrected chi connectivity index (χ4v) is 3.71. The molecule has 1 N–H and O–H groups in total. The van der Waals surface area contributed by atoms with Crippen LogP contribution in [0.15, 0.2) is 59.1 Å². The summed E-state index contributed by atoms with van der Waals surface area (Å²) in [4.78, 5) is 0. The summed E-state index contributed by atoms with van der Waals surface area (Å²) in [5, 5.41) is 4.41. The van der Waals surface area contributed by atoms with Crippen LogP contribution in [0.5, 0.6) is 11.5 Å². The molecule has 29 heavy (non-hydrogen) atoms. The zero-order chi connectivity index (χ0) is 20.8. The first-order valence-corrected chi connectivity index (χ1v) is 10.5. The molecule has 0 aliphatic heterocycles. The largest absolute Gasteiger partial charge is 0.490 e. The average molecular weight is 499 g/mol. The van der Waals surface area contributed by atoms with Crippen LogP contribution in [0.25, 0.3) is 0 Å². The molecule has 0 bridgehead atoms. The Balaban J connectivity index is 1.77. The number of ether oxygens (including phenoxy) is 2. The molecular weight excluding hydrogens is 480 g/mol.